The molecule has 0 aliphatic heterocycles. The Morgan fingerprint density at radius 2 is 2.18 bits per heavy atom. The lowest BCUT2D eigenvalue weighted by atomic mass is 10.2. The van der Waals surface area contributed by atoms with Crippen molar-refractivity contribution in [3.63, 3.8) is 0 Å². The molecule has 2 rings (SSSR count). The van der Waals surface area contributed by atoms with Crippen molar-refractivity contribution < 1.29 is 8.78 Å². The molecule has 0 spiro atoms. The van der Waals surface area contributed by atoms with Gasteiger partial charge in [-0.25, -0.2) is 8.78 Å². The summed E-state index contributed by atoms with van der Waals surface area (Å²) in [5.41, 5.74) is 6.55. The SMILES string of the molecule is Cn1cc(CNc2cc(F)cc(F)c2N)cn1. The standard InChI is InChI=1S/C11H12F2N4/c1-17-6-7(5-16-17)4-15-10-3-8(12)2-9(13)11(10)14/h2-3,5-6,15H,4,14H2,1H3. The monoisotopic (exact) mass is 238 g/mol. The number of benzene rings is 1. The van der Waals surface area contributed by atoms with E-state index in [0.717, 1.165) is 17.7 Å². The van der Waals surface area contributed by atoms with E-state index in [9.17, 15) is 8.78 Å². The minimum Gasteiger partial charge on any atom is -0.395 e. The summed E-state index contributed by atoms with van der Waals surface area (Å²) in [6, 6.07) is 1.92. The van der Waals surface area contributed by atoms with Gasteiger partial charge in [-0.15, -0.1) is 0 Å². The van der Waals surface area contributed by atoms with Gasteiger partial charge >= 0.3 is 0 Å². The van der Waals surface area contributed by atoms with Gasteiger partial charge in [-0.1, -0.05) is 0 Å². The van der Waals surface area contributed by atoms with E-state index in [2.05, 4.69) is 10.4 Å². The highest BCUT2D eigenvalue weighted by molar-refractivity contribution is 5.66. The summed E-state index contributed by atoms with van der Waals surface area (Å²) in [5.74, 6) is -1.43. The Hall–Kier alpha value is -2.11. The average molecular weight is 238 g/mol. The third-order valence-electron chi connectivity index (χ3n) is 2.34. The van der Waals surface area contributed by atoms with E-state index < -0.39 is 11.6 Å². The molecule has 4 nitrogen and oxygen atoms in total. The fourth-order valence-electron chi connectivity index (χ4n) is 1.49. The minimum atomic E-state index is -0.765. The van der Waals surface area contributed by atoms with Gasteiger partial charge in [0, 0.05) is 31.4 Å². The van der Waals surface area contributed by atoms with E-state index in [0.29, 0.717) is 6.54 Å². The van der Waals surface area contributed by atoms with Crippen LogP contribution in [0, 0.1) is 11.6 Å². The molecule has 1 aromatic heterocycles. The van der Waals surface area contributed by atoms with Gasteiger partial charge in [-0.3, -0.25) is 4.68 Å². The molecule has 3 N–H and O–H groups in total. The molecule has 1 heterocycles. The summed E-state index contributed by atoms with van der Waals surface area (Å²) < 4.78 is 27.8. The topological polar surface area (TPSA) is 55.9 Å². The van der Waals surface area contributed by atoms with E-state index in [-0.39, 0.29) is 11.4 Å². The molecule has 0 aliphatic rings. The predicted molar refractivity (Wildman–Crippen MR) is 61.3 cm³/mol. The van der Waals surface area contributed by atoms with E-state index in [1.807, 2.05) is 0 Å². The van der Waals surface area contributed by atoms with Crippen molar-refractivity contribution in [1.82, 2.24) is 9.78 Å². The Bertz CT molecular complexity index is 536. The number of nitrogen functional groups attached to an aromatic ring is 1. The summed E-state index contributed by atoms with van der Waals surface area (Å²) in [7, 11) is 1.79. The van der Waals surface area contributed by atoms with Gasteiger partial charge in [0.1, 0.15) is 5.82 Å². The van der Waals surface area contributed by atoms with Gasteiger partial charge in [0.2, 0.25) is 0 Å². The van der Waals surface area contributed by atoms with Crippen LogP contribution in [-0.4, -0.2) is 9.78 Å². The number of hydrogen-bond acceptors (Lipinski definition) is 3. The van der Waals surface area contributed by atoms with Crippen LogP contribution in [0.3, 0.4) is 0 Å². The van der Waals surface area contributed by atoms with Crippen molar-refractivity contribution in [3.8, 4) is 0 Å². The maximum absolute atomic E-state index is 13.1. The number of nitrogens with zero attached hydrogens (tertiary/aromatic N) is 2. The Morgan fingerprint density at radius 3 is 2.82 bits per heavy atom. The molecule has 17 heavy (non-hydrogen) atoms. The van der Waals surface area contributed by atoms with E-state index in [1.165, 1.54) is 0 Å². The molecular weight excluding hydrogens is 226 g/mol. The van der Waals surface area contributed by atoms with Crippen molar-refractivity contribution in [2.75, 3.05) is 11.1 Å². The molecule has 2 aromatic rings. The molecule has 0 atom stereocenters. The van der Waals surface area contributed by atoms with Gasteiger partial charge in [0.25, 0.3) is 0 Å². The van der Waals surface area contributed by atoms with Crippen LogP contribution in [0.2, 0.25) is 0 Å². The van der Waals surface area contributed by atoms with Crippen LogP contribution < -0.4 is 11.1 Å². The third kappa shape index (κ3) is 2.52. The number of nitrogens with one attached hydrogen (secondary N) is 1. The number of anilines is 2. The lowest BCUT2D eigenvalue weighted by Crippen LogP contribution is -2.04. The molecular formula is C11H12F2N4. The van der Waals surface area contributed by atoms with Crippen LogP contribution in [0.1, 0.15) is 5.56 Å². The number of hydrogen-bond donors (Lipinski definition) is 2. The lowest BCUT2D eigenvalue weighted by Gasteiger charge is -2.09. The number of aromatic nitrogens is 2. The molecule has 0 saturated heterocycles. The predicted octanol–water partition coefficient (Wildman–Crippen LogP) is 1.89. The van der Waals surface area contributed by atoms with Crippen molar-refractivity contribution in [3.05, 3.63) is 41.7 Å². The highest BCUT2D eigenvalue weighted by atomic mass is 19.1. The normalized spacial score (nSPS) is 10.5. The molecule has 0 fully saturated rings. The molecule has 1 aromatic carbocycles. The second-order valence-electron chi connectivity index (χ2n) is 3.72. The fraction of sp³-hybridized carbons (Fsp3) is 0.182. The highest BCUT2D eigenvalue weighted by Crippen LogP contribution is 2.23. The first-order valence-electron chi connectivity index (χ1n) is 5.02. The highest BCUT2D eigenvalue weighted by Gasteiger charge is 2.08. The minimum absolute atomic E-state index is 0.0877. The second kappa shape index (κ2) is 4.40. The molecule has 0 saturated carbocycles. The largest absolute Gasteiger partial charge is 0.395 e. The Balaban J connectivity index is 2.14. The molecule has 0 radical (unpaired) electrons. The Morgan fingerprint density at radius 1 is 1.41 bits per heavy atom. The van der Waals surface area contributed by atoms with Gasteiger partial charge in [0.05, 0.1) is 17.6 Å². The first kappa shape index (κ1) is 11.4. The van der Waals surface area contributed by atoms with Crippen LogP contribution >= 0.6 is 0 Å². The van der Waals surface area contributed by atoms with E-state index >= 15 is 0 Å². The van der Waals surface area contributed by atoms with Crippen LogP contribution in [0.25, 0.3) is 0 Å². The molecule has 0 bridgehead atoms. The number of halogens is 2. The lowest BCUT2D eigenvalue weighted by molar-refractivity contribution is 0.587. The number of rotatable bonds is 3. The summed E-state index contributed by atoms with van der Waals surface area (Å²) in [5, 5.41) is 6.85. The smallest absolute Gasteiger partial charge is 0.151 e. The van der Waals surface area contributed by atoms with Crippen molar-refractivity contribution in [2.45, 2.75) is 6.54 Å². The third-order valence-corrected chi connectivity index (χ3v) is 2.34. The first-order chi connectivity index (χ1) is 8.06. The van der Waals surface area contributed by atoms with E-state index in [1.54, 1.807) is 24.1 Å². The van der Waals surface area contributed by atoms with Gasteiger partial charge in [-0.2, -0.15) is 5.10 Å². The molecule has 0 unspecified atom stereocenters. The molecule has 0 amide bonds. The summed E-state index contributed by atoms with van der Waals surface area (Å²) in [4.78, 5) is 0. The fourth-order valence-corrected chi connectivity index (χ4v) is 1.49. The second-order valence-corrected chi connectivity index (χ2v) is 3.72. The summed E-state index contributed by atoms with van der Waals surface area (Å²) >= 11 is 0. The van der Waals surface area contributed by atoms with Crippen molar-refractivity contribution >= 4 is 11.4 Å². The summed E-state index contributed by atoms with van der Waals surface area (Å²) in [6.45, 7) is 0.404. The van der Waals surface area contributed by atoms with Gasteiger partial charge in [0.15, 0.2) is 5.82 Å². The zero-order valence-corrected chi connectivity index (χ0v) is 9.24. The van der Waals surface area contributed by atoms with Crippen LogP contribution in [0.5, 0.6) is 0 Å². The van der Waals surface area contributed by atoms with Crippen molar-refractivity contribution in [2.24, 2.45) is 7.05 Å². The van der Waals surface area contributed by atoms with Crippen LogP contribution in [0.4, 0.5) is 20.2 Å². The quantitative estimate of drug-likeness (QED) is 0.803. The van der Waals surface area contributed by atoms with Crippen LogP contribution in [-0.2, 0) is 13.6 Å². The maximum Gasteiger partial charge on any atom is 0.151 e. The van der Waals surface area contributed by atoms with Gasteiger partial charge in [-0.05, 0) is 6.07 Å². The number of nitrogens with two attached hydrogens (primary N) is 1. The van der Waals surface area contributed by atoms with Crippen molar-refractivity contribution in [1.29, 1.82) is 0 Å². The van der Waals surface area contributed by atoms with Gasteiger partial charge < -0.3 is 11.1 Å². The zero-order valence-electron chi connectivity index (χ0n) is 9.24. The average Bonchev–Trinajstić information content (AvgIpc) is 2.67. The molecule has 0 aliphatic carbocycles. The Labute approximate surface area is 97.0 Å². The molecule has 6 heteroatoms. The maximum atomic E-state index is 13.1. The Kier molecular flexibility index (Phi) is 2.95. The number of aryl methyl sites for hydroxylation is 1. The zero-order chi connectivity index (χ0) is 12.4. The summed E-state index contributed by atoms with van der Waals surface area (Å²) in [6.07, 6.45) is 3.47. The van der Waals surface area contributed by atoms with Crippen LogP contribution in [0.15, 0.2) is 24.5 Å². The first-order valence-corrected chi connectivity index (χ1v) is 5.02. The van der Waals surface area contributed by atoms with E-state index in [4.69, 9.17) is 5.73 Å². The molecule has 90 valence electrons.